The number of hydrogen-bond donors (Lipinski definition) is 0. The van der Waals surface area contributed by atoms with E-state index < -0.39 is 0 Å². The van der Waals surface area contributed by atoms with Gasteiger partial charge in [-0.2, -0.15) is 0 Å². The van der Waals surface area contributed by atoms with Crippen LogP contribution in [0.5, 0.6) is 0 Å². The maximum Gasteiger partial charge on any atom is 0.0541 e. The molecule has 0 aliphatic heterocycles. The molecule has 8 aromatic rings. The van der Waals surface area contributed by atoms with Gasteiger partial charge >= 0.3 is 0 Å². The lowest BCUT2D eigenvalue weighted by atomic mass is 10.0. The third-order valence-electron chi connectivity index (χ3n) is 8.95. The zero-order valence-electron chi connectivity index (χ0n) is 25.1. The molecule has 2 nitrogen and oxygen atoms in total. The van der Waals surface area contributed by atoms with Gasteiger partial charge in [-0.25, -0.2) is 0 Å². The Hall–Kier alpha value is -5.08. The van der Waals surface area contributed by atoms with E-state index in [1.165, 1.54) is 88.4 Å². The molecule has 0 aliphatic rings. The third kappa shape index (κ3) is 4.25. The summed E-state index contributed by atoms with van der Waals surface area (Å²) < 4.78 is 4.80. The van der Waals surface area contributed by atoms with E-state index in [9.17, 15) is 0 Å². The Labute approximate surface area is 252 Å². The lowest BCUT2D eigenvalue weighted by Crippen LogP contribution is -1.96. The molecule has 208 valence electrons. The minimum absolute atomic E-state index is 0.900. The second kappa shape index (κ2) is 9.74. The van der Waals surface area contributed by atoms with Crippen molar-refractivity contribution in [3.8, 4) is 11.4 Å². The Morgan fingerprint density at radius 3 is 0.907 bits per heavy atom. The smallest absolute Gasteiger partial charge is 0.0541 e. The van der Waals surface area contributed by atoms with Crippen LogP contribution in [0.2, 0.25) is 0 Å². The van der Waals surface area contributed by atoms with Crippen LogP contribution in [0, 0.1) is 27.7 Å². The molecule has 0 unspecified atom stereocenters. The van der Waals surface area contributed by atoms with E-state index in [0.29, 0.717) is 0 Å². The van der Waals surface area contributed by atoms with Gasteiger partial charge in [-0.15, -0.1) is 0 Å². The van der Waals surface area contributed by atoms with Crippen LogP contribution in [0.25, 0.3) is 55.0 Å². The molecule has 2 heteroatoms. The van der Waals surface area contributed by atoms with Gasteiger partial charge in [0.05, 0.1) is 22.1 Å². The summed E-state index contributed by atoms with van der Waals surface area (Å²) in [4.78, 5) is 0. The second-order valence-electron chi connectivity index (χ2n) is 12.3. The van der Waals surface area contributed by atoms with Crippen molar-refractivity contribution in [2.24, 2.45) is 0 Å². The van der Waals surface area contributed by atoms with Crippen molar-refractivity contribution in [1.29, 1.82) is 0 Å². The Balaban J connectivity index is 1.12. The van der Waals surface area contributed by atoms with Gasteiger partial charge in [-0.1, -0.05) is 70.8 Å². The highest BCUT2D eigenvalue weighted by Crippen LogP contribution is 2.35. The highest BCUT2D eigenvalue weighted by Gasteiger charge is 2.14. The quantitative estimate of drug-likeness (QED) is 0.205. The third-order valence-corrected chi connectivity index (χ3v) is 8.95. The number of hydrogen-bond acceptors (Lipinski definition) is 0. The summed E-state index contributed by atoms with van der Waals surface area (Å²) in [6, 6.07) is 45.3. The molecule has 0 radical (unpaired) electrons. The van der Waals surface area contributed by atoms with Crippen molar-refractivity contribution < 1.29 is 0 Å². The summed E-state index contributed by atoms with van der Waals surface area (Å²) in [6.45, 7) is 8.68. The second-order valence-corrected chi connectivity index (χ2v) is 12.3. The topological polar surface area (TPSA) is 9.86 Å². The molecule has 2 aromatic heterocycles. The van der Waals surface area contributed by atoms with Gasteiger partial charge in [0, 0.05) is 32.9 Å². The van der Waals surface area contributed by atoms with Crippen LogP contribution in [-0.4, -0.2) is 9.13 Å². The molecule has 0 aliphatic carbocycles. The minimum atomic E-state index is 0.900. The summed E-state index contributed by atoms with van der Waals surface area (Å²) in [5, 5.41) is 5.26. The van der Waals surface area contributed by atoms with Crippen molar-refractivity contribution >= 4 is 43.6 Å². The van der Waals surface area contributed by atoms with Crippen molar-refractivity contribution in [1.82, 2.24) is 9.13 Å². The number of fused-ring (bicyclic) bond motifs is 6. The molecule has 0 saturated heterocycles. The van der Waals surface area contributed by atoms with E-state index in [-0.39, 0.29) is 0 Å². The van der Waals surface area contributed by atoms with Gasteiger partial charge in [-0.3, -0.25) is 0 Å². The summed E-state index contributed by atoms with van der Waals surface area (Å²) in [5.41, 5.74) is 15.2. The molecule has 0 N–H and O–H groups in total. The molecule has 2 heterocycles. The van der Waals surface area contributed by atoms with Crippen LogP contribution >= 0.6 is 0 Å². The highest BCUT2D eigenvalue weighted by atomic mass is 15.0. The Morgan fingerprint density at radius 1 is 0.349 bits per heavy atom. The molecular formula is C41H34N2. The van der Waals surface area contributed by atoms with Gasteiger partial charge in [0.25, 0.3) is 0 Å². The molecule has 8 rings (SSSR count). The first-order chi connectivity index (χ1) is 20.9. The monoisotopic (exact) mass is 554 g/mol. The first kappa shape index (κ1) is 25.6. The molecule has 43 heavy (non-hydrogen) atoms. The van der Waals surface area contributed by atoms with Crippen molar-refractivity contribution in [3.05, 3.63) is 155 Å². The fraction of sp³-hybridized carbons (Fsp3) is 0.122. The molecule has 0 bridgehead atoms. The van der Waals surface area contributed by atoms with Gasteiger partial charge in [0.2, 0.25) is 0 Å². The first-order valence-electron chi connectivity index (χ1n) is 15.1. The average molecular weight is 555 g/mol. The minimum Gasteiger partial charge on any atom is -0.309 e. The zero-order valence-corrected chi connectivity index (χ0v) is 25.1. The summed E-state index contributed by atoms with van der Waals surface area (Å²) in [6.07, 6.45) is 0.900. The fourth-order valence-corrected chi connectivity index (χ4v) is 6.82. The largest absolute Gasteiger partial charge is 0.309 e. The predicted molar refractivity (Wildman–Crippen MR) is 183 cm³/mol. The molecule has 0 amide bonds. The number of rotatable bonds is 4. The van der Waals surface area contributed by atoms with E-state index in [1.54, 1.807) is 0 Å². The van der Waals surface area contributed by atoms with Gasteiger partial charge < -0.3 is 9.13 Å². The summed E-state index contributed by atoms with van der Waals surface area (Å²) in [7, 11) is 0. The summed E-state index contributed by atoms with van der Waals surface area (Å²) >= 11 is 0. The van der Waals surface area contributed by atoms with Gasteiger partial charge in [-0.05, 0) is 118 Å². The van der Waals surface area contributed by atoms with Crippen molar-refractivity contribution in [2.75, 3.05) is 0 Å². The van der Waals surface area contributed by atoms with Gasteiger partial charge in [0.1, 0.15) is 0 Å². The number of nitrogens with zero attached hydrogens (tertiary/aromatic N) is 2. The molecule has 6 aromatic carbocycles. The van der Waals surface area contributed by atoms with Crippen LogP contribution in [0.4, 0.5) is 0 Å². The van der Waals surface area contributed by atoms with E-state index >= 15 is 0 Å². The number of benzene rings is 6. The van der Waals surface area contributed by atoms with Crippen molar-refractivity contribution in [3.63, 3.8) is 0 Å². The average Bonchev–Trinajstić information content (AvgIpc) is 3.49. The Bertz CT molecular complexity index is 2040. The SMILES string of the molecule is Cc1ccc2c(c1)c1cc(C)ccc1n2-c1ccc(Cc2ccc(-n3c4ccc(C)cc4c4cc(C)ccc43)cc2)cc1. The van der Waals surface area contributed by atoms with Crippen LogP contribution in [-0.2, 0) is 6.42 Å². The Kier molecular flexibility index (Phi) is 5.80. The lowest BCUT2D eigenvalue weighted by molar-refractivity contribution is 1.13. The van der Waals surface area contributed by atoms with Crippen LogP contribution in [0.15, 0.2) is 121 Å². The molecule has 0 spiro atoms. The molecule has 0 saturated carbocycles. The molecule has 0 atom stereocenters. The summed E-state index contributed by atoms with van der Waals surface area (Å²) in [5.74, 6) is 0. The van der Waals surface area contributed by atoms with E-state index in [2.05, 4.69) is 158 Å². The van der Waals surface area contributed by atoms with Crippen molar-refractivity contribution in [2.45, 2.75) is 34.1 Å². The highest BCUT2D eigenvalue weighted by molar-refractivity contribution is 6.10. The zero-order chi connectivity index (χ0) is 29.2. The lowest BCUT2D eigenvalue weighted by Gasteiger charge is -2.11. The van der Waals surface area contributed by atoms with E-state index in [0.717, 1.165) is 6.42 Å². The maximum absolute atomic E-state index is 2.40. The normalized spacial score (nSPS) is 11.8. The standard InChI is InChI=1S/C41H34N2/c1-26-5-17-38-34(21-26)35-22-27(2)6-18-39(35)42(38)32-13-9-30(10-14-32)25-31-11-15-33(16-12-31)43-40-19-7-28(3)23-36(40)37-24-29(4)8-20-41(37)43/h5-24H,25H2,1-4H3. The van der Waals surface area contributed by atoms with Crippen LogP contribution < -0.4 is 0 Å². The van der Waals surface area contributed by atoms with E-state index in [1.807, 2.05) is 0 Å². The van der Waals surface area contributed by atoms with Crippen LogP contribution in [0.1, 0.15) is 33.4 Å². The molecular weight excluding hydrogens is 520 g/mol. The predicted octanol–water partition coefficient (Wildman–Crippen LogP) is 10.7. The number of aryl methyl sites for hydroxylation is 4. The van der Waals surface area contributed by atoms with E-state index in [4.69, 9.17) is 0 Å². The maximum atomic E-state index is 2.40. The van der Waals surface area contributed by atoms with Gasteiger partial charge in [0.15, 0.2) is 0 Å². The first-order valence-corrected chi connectivity index (χ1v) is 15.1. The fourth-order valence-electron chi connectivity index (χ4n) is 6.82. The van der Waals surface area contributed by atoms with Crippen LogP contribution in [0.3, 0.4) is 0 Å². The molecule has 0 fully saturated rings. The number of aromatic nitrogens is 2. The Morgan fingerprint density at radius 2 is 0.628 bits per heavy atom.